The van der Waals surface area contributed by atoms with E-state index in [1.165, 1.54) is 0 Å². The Morgan fingerprint density at radius 3 is 2.50 bits per heavy atom. The van der Waals surface area contributed by atoms with Crippen LogP contribution in [0.5, 0.6) is 0 Å². The van der Waals surface area contributed by atoms with Gasteiger partial charge in [-0.25, -0.2) is 0 Å². The van der Waals surface area contributed by atoms with E-state index in [4.69, 9.17) is 23.2 Å². The van der Waals surface area contributed by atoms with Crippen molar-refractivity contribution in [1.29, 1.82) is 0 Å². The lowest BCUT2D eigenvalue weighted by molar-refractivity contribution is -0.130. The first kappa shape index (κ1) is 17.6. The van der Waals surface area contributed by atoms with E-state index in [2.05, 4.69) is 5.32 Å². The van der Waals surface area contributed by atoms with Crippen LogP contribution in [-0.4, -0.2) is 23.7 Å². The first-order chi connectivity index (χ1) is 10.3. The molecule has 2 atom stereocenters. The van der Waals surface area contributed by atoms with Gasteiger partial charge in [0.15, 0.2) is 0 Å². The third-order valence-corrected chi connectivity index (χ3v) is 5.21. The van der Waals surface area contributed by atoms with Gasteiger partial charge >= 0.3 is 0 Å². The predicted molar refractivity (Wildman–Crippen MR) is 90.5 cm³/mol. The SMILES string of the molecule is CC(O)CC(C)CNC(=O)C1(c2ccc(Cl)c(Cl)c2)CCC1. The second-order valence-corrected chi connectivity index (χ2v) is 7.28. The first-order valence-corrected chi connectivity index (χ1v) is 8.52. The van der Waals surface area contributed by atoms with Crippen molar-refractivity contribution in [3.63, 3.8) is 0 Å². The van der Waals surface area contributed by atoms with E-state index in [-0.39, 0.29) is 17.9 Å². The highest BCUT2D eigenvalue weighted by atomic mass is 35.5. The molecule has 0 saturated heterocycles. The molecule has 2 unspecified atom stereocenters. The molecule has 1 aromatic rings. The zero-order valence-electron chi connectivity index (χ0n) is 13.0. The van der Waals surface area contributed by atoms with Crippen LogP contribution in [0.15, 0.2) is 18.2 Å². The van der Waals surface area contributed by atoms with Crippen LogP contribution in [0.25, 0.3) is 0 Å². The number of hydrogen-bond acceptors (Lipinski definition) is 2. The molecule has 122 valence electrons. The highest BCUT2D eigenvalue weighted by Crippen LogP contribution is 2.45. The summed E-state index contributed by atoms with van der Waals surface area (Å²) >= 11 is 12.1. The first-order valence-electron chi connectivity index (χ1n) is 7.77. The van der Waals surface area contributed by atoms with E-state index in [1.54, 1.807) is 13.0 Å². The number of hydrogen-bond donors (Lipinski definition) is 2. The Morgan fingerprint density at radius 2 is 2.00 bits per heavy atom. The zero-order chi connectivity index (χ0) is 16.3. The fourth-order valence-corrected chi connectivity index (χ4v) is 3.37. The van der Waals surface area contributed by atoms with Crippen molar-refractivity contribution in [2.24, 2.45) is 5.92 Å². The highest BCUT2D eigenvalue weighted by Gasteiger charge is 2.45. The van der Waals surface area contributed by atoms with Gasteiger partial charge in [-0.3, -0.25) is 4.79 Å². The molecule has 0 spiro atoms. The summed E-state index contributed by atoms with van der Waals surface area (Å²) in [6, 6.07) is 5.46. The van der Waals surface area contributed by atoms with Gasteiger partial charge in [0.2, 0.25) is 5.91 Å². The number of amides is 1. The lowest BCUT2D eigenvalue weighted by Crippen LogP contribution is -2.50. The minimum absolute atomic E-state index is 0.0505. The molecular formula is C17H23Cl2NO2. The Kier molecular flexibility index (Phi) is 5.76. The van der Waals surface area contributed by atoms with Crippen molar-refractivity contribution in [1.82, 2.24) is 5.32 Å². The summed E-state index contributed by atoms with van der Waals surface area (Å²) < 4.78 is 0. The topological polar surface area (TPSA) is 49.3 Å². The van der Waals surface area contributed by atoms with E-state index in [0.717, 1.165) is 24.8 Å². The number of carbonyl (C=O) groups excluding carboxylic acids is 1. The van der Waals surface area contributed by atoms with Crippen LogP contribution < -0.4 is 5.32 Å². The van der Waals surface area contributed by atoms with Crippen molar-refractivity contribution < 1.29 is 9.90 Å². The molecule has 0 aromatic heterocycles. The van der Waals surface area contributed by atoms with E-state index in [0.29, 0.717) is 23.0 Å². The van der Waals surface area contributed by atoms with Gasteiger partial charge in [0.05, 0.1) is 21.6 Å². The summed E-state index contributed by atoms with van der Waals surface area (Å²) in [7, 11) is 0. The van der Waals surface area contributed by atoms with Gasteiger partial charge in [-0.2, -0.15) is 0 Å². The minimum Gasteiger partial charge on any atom is -0.393 e. The second kappa shape index (κ2) is 7.20. The van der Waals surface area contributed by atoms with E-state index in [1.807, 2.05) is 19.1 Å². The molecule has 0 bridgehead atoms. The fraction of sp³-hybridized carbons (Fsp3) is 0.588. The summed E-state index contributed by atoms with van der Waals surface area (Å²) in [5.74, 6) is 0.296. The molecule has 2 rings (SSSR count). The molecule has 3 nitrogen and oxygen atoms in total. The highest BCUT2D eigenvalue weighted by molar-refractivity contribution is 6.42. The Hall–Kier alpha value is -0.770. The third-order valence-electron chi connectivity index (χ3n) is 4.47. The molecule has 22 heavy (non-hydrogen) atoms. The molecular weight excluding hydrogens is 321 g/mol. The van der Waals surface area contributed by atoms with Crippen LogP contribution >= 0.6 is 23.2 Å². The van der Waals surface area contributed by atoms with Crippen LogP contribution in [0.2, 0.25) is 10.0 Å². The summed E-state index contributed by atoms with van der Waals surface area (Å²) in [5, 5.41) is 13.4. The van der Waals surface area contributed by atoms with Crippen molar-refractivity contribution in [2.75, 3.05) is 6.54 Å². The Bertz CT molecular complexity index is 541. The van der Waals surface area contributed by atoms with E-state index in [9.17, 15) is 9.90 Å². The summed E-state index contributed by atoms with van der Waals surface area (Å²) in [4.78, 5) is 12.7. The van der Waals surface area contributed by atoms with Gasteiger partial charge in [0, 0.05) is 6.54 Å². The largest absolute Gasteiger partial charge is 0.393 e. The van der Waals surface area contributed by atoms with Crippen LogP contribution in [0.1, 0.15) is 45.1 Å². The average molecular weight is 344 g/mol. The molecule has 1 aliphatic carbocycles. The van der Waals surface area contributed by atoms with Crippen molar-refractivity contribution >= 4 is 29.1 Å². The Labute approximate surface area is 142 Å². The van der Waals surface area contributed by atoms with Crippen molar-refractivity contribution in [2.45, 2.75) is 51.0 Å². The summed E-state index contributed by atoms with van der Waals surface area (Å²) in [6.45, 7) is 4.37. The number of rotatable bonds is 6. The van der Waals surface area contributed by atoms with Crippen molar-refractivity contribution in [3.05, 3.63) is 33.8 Å². The van der Waals surface area contributed by atoms with Gasteiger partial charge in [-0.15, -0.1) is 0 Å². The molecule has 1 fully saturated rings. The monoisotopic (exact) mass is 343 g/mol. The van der Waals surface area contributed by atoms with Crippen LogP contribution in [0, 0.1) is 5.92 Å². The van der Waals surface area contributed by atoms with E-state index < -0.39 is 5.41 Å². The second-order valence-electron chi connectivity index (χ2n) is 6.46. The zero-order valence-corrected chi connectivity index (χ0v) is 14.5. The lowest BCUT2D eigenvalue weighted by atomic mass is 9.63. The van der Waals surface area contributed by atoms with Gasteiger partial charge in [-0.05, 0) is 49.8 Å². The number of nitrogens with one attached hydrogen (secondary N) is 1. The van der Waals surface area contributed by atoms with Gasteiger partial charge in [-0.1, -0.05) is 42.6 Å². The van der Waals surface area contributed by atoms with Gasteiger partial charge < -0.3 is 10.4 Å². The Morgan fingerprint density at radius 1 is 1.32 bits per heavy atom. The van der Waals surface area contributed by atoms with E-state index >= 15 is 0 Å². The average Bonchev–Trinajstić information content (AvgIpc) is 2.38. The van der Waals surface area contributed by atoms with Crippen LogP contribution in [-0.2, 0) is 10.2 Å². The maximum atomic E-state index is 12.7. The quantitative estimate of drug-likeness (QED) is 0.821. The lowest BCUT2D eigenvalue weighted by Gasteiger charge is -2.41. The summed E-state index contributed by atoms with van der Waals surface area (Å²) in [6.07, 6.45) is 3.04. The number of carbonyl (C=O) groups is 1. The maximum absolute atomic E-state index is 12.7. The normalized spacial score (nSPS) is 19.1. The standard InChI is InChI=1S/C17H23Cl2NO2/c1-11(8-12(2)21)10-20-16(22)17(6-3-7-17)13-4-5-14(18)15(19)9-13/h4-5,9,11-12,21H,3,6-8,10H2,1-2H3,(H,20,22). The number of benzene rings is 1. The number of aliphatic hydroxyl groups is 1. The molecule has 0 heterocycles. The molecule has 1 amide bonds. The predicted octanol–water partition coefficient (Wildman–Crippen LogP) is 3.94. The van der Waals surface area contributed by atoms with Crippen LogP contribution in [0.4, 0.5) is 0 Å². The Balaban J connectivity index is 2.06. The molecule has 1 aliphatic rings. The molecule has 0 aliphatic heterocycles. The maximum Gasteiger partial charge on any atom is 0.230 e. The minimum atomic E-state index is -0.473. The number of aliphatic hydroxyl groups excluding tert-OH is 1. The fourth-order valence-electron chi connectivity index (χ4n) is 3.07. The number of halogens is 2. The van der Waals surface area contributed by atoms with Gasteiger partial charge in [0.25, 0.3) is 0 Å². The van der Waals surface area contributed by atoms with Crippen molar-refractivity contribution in [3.8, 4) is 0 Å². The molecule has 1 saturated carbocycles. The summed E-state index contributed by atoms with van der Waals surface area (Å²) in [5.41, 5.74) is 0.465. The van der Waals surface area contributed by atoms with Gasteiger partial charge in [0.1, 0.15) is 0 Å². The molecule has 0 radical (unpaired) electrons. The molecule has 1 aromatic carbocycles. The van der Waals surface area contributed by atoms with Crippen LogP contribution in [0.3, 0.4) is 0 Å². The smallest absolute Gasteiger partial charge is 0.230 e. The molecule has 5 heteroatoms. The third kappa shape index (κ3) is 3.76. The molecule has 2 N–H and O–H groups in total.